The molecule has 0 aliphatic carbocycles. The van der Waals surface area contributed by atoms with E-state index in [4.69, 9.17) is 20.8 Å². The van der Waals surface area contributed by atoms with Gasteiger partial charge in [-0.05, 0) is 29.8 Å². The highest BCUT2D eigenvalue weighted by Crippen LogP contribution is 2.23. The van der Waals surface area contributed by atoms with Crippen LogP contribution in [0.15, 0.2) is 64.2 Å². The average Bonchev–Trinajstić information content (AvgIpc) is 3.00. The van der Waals surface area contributed by atoms with E-state index in [2.05, 4.69) is 10.2 Å². The fourth-order valence-corrected chi connectivity index (χ4v) is 2.72. The van der Waals surface area contributed by atoms with E-state index in [9.17, 15) is 0 Å². The zero-order valence-corrected chi connectivity index (χ0v) is 13.2. The third kappa shape index (κ3) is 4.26. The second-order valence-electron chi connectivity index (χ2n) is 4.48. The first-order chi connectivity index (χ1) is 10.8. The number of hydrogen-bond acceptors (Lipinski definition) is 5. The molecule has 0 radical (unpaired) electrons. The summed E-state index contributed by atoms with van der Waals surface area (Å²) in [6, 6.07) is 17.2. The molecule has 0 fully saturated rings. The number of benzene rings is 2. The van der Waals surface area contributed by atoms with Crippen LogP contribution in [0.3, 0.4) is 0 Å². The Morgan fingerprint density at radius 1 is 1.05 bits per heavy atom. The zero-order chi connectivity index (χ0) is 15.2. The molecule has 3 rings (SSSR count). The lowest BCUT2D eigenvalue weighted by Crippen LogP contribution is -1.95. The molecule has 112 valence electrons. The number of aromatic nitrogens is 2. The Hall–Kier alpha value is -1.98. The van der Waals surface area contributed by atoms with Gasteiger partial charge >= 0.3 is 0 Å². The molecule has 22 heavy (non-hydrogen) atoms. The summed E-state index contributed by atoms with van der Waals surface area (Å²) in [5, 5.41) is 9.21. The number of rotatable bonds is 6. The molecule has 4 nitrogen and oxygen atoms in total. The number of halogens is 1. The van der Waals surface area contributed by atoms with E-state index in [1.165, 1.54) is 11.8 Å². The van der Waals surface area contributed by atoms with Crippen molar-refractivity contribution in [2.75, 3.05) is 0 Å². The molecule has 2 aromatic carbocycles. The molecule has 0 spiro atoms. The zero-order valence-electron chi connectivity index (χ0n) is 11.6. The minimum atomic E-state index is 0.259. The second-order valence-corrected chi connectivity index (χ2v) is 5.85. The van der Waals surface area contributed by atoms with Crippen molar-refractivity contribution in [2.24, 2.45) is 0 Å². The van der Waals surface area contributed by atoms with Crippen molar-refractivity contribution in [1.82, 2.24) is 10.2 Å². The van der Waals surface area contributed by atoms with Gasteiger partial charge in [-0.2, -0.15) is 0 Å². The standard InChI is InChI=1S/C16H13ClN2O2S/c17-13-6-4-5-12(9-13)11-22-16-19-18-15(21-16)10-20-14-7-2-1-3-8-14/h1-9H,10-11H2. The van der Waals surface area contributed by atoms with Crippen molar-refractivity contribution in [3.63, 3.8) is 0 Å². The molecule has 0 unspecified atom stereocenters. The summed E-state index contributed by atoms with van der Waals surface area (Å²) < 4.78 is 11.1. The van der Waals surface area contributed by atoms with Crippen LogP contribution in [-0.2, 0) is 12.4 Å². The highest BCUT2D eigenvalue weighted by molar-refractivity contribution is 7.98. The number of thioether (sulfide) groups is 1. The Morgan fingerprint density at radius 3 is 2.73 bits per heavy atom. The number of nitrogens with zero attached hydrogens (tertiary/aromatic N) is 2. The molecule has 0 atom stereocenters. The van der Waals surface area contributed by atoms with Crippen LogP contribution in [0.1, 0.15) is 11.5 Å². The van der Waals surface area contributed by atoms with Gasteiger partial charge < -0.3 is 9.15 Å². The van der Waals surface area contributed by atoms with Gasteiger partial charge in [-0.25, -0.2) is 0 Å². The second kappa shape index (κ2) is 7.33. The first-order valence-electron chi connectivity index (χ1n) is 6.67. The SMILES string of the molecule is Clc1cccc(CSc2nnc(COc3ccccc3)o2)c1. The third-order valence-electron chi connectivity index (χ3n) is 2.81. The Bertz CT molecular complexity index is 734. The molecule has 0 bridgehead atoms. The topological polar surface area (TPSA) is 48.2 Å². The predicted octanol–water partition coefficient (Wildman–Crippen LogP) is 4.59. The lowest BCUT2D eigenvalue weighted by atomic mass is 10.2. The molecular weight excluding hydrogens is 320 g/mol. The van der Waals surface area contributed by atoms with Crippen LogP contribution in [0.25, 0.3) is 0 Å². The summed E-state index contributed by atoms with van der Waals surface area (Å²) in [7, 11) is 0. The van der Waals surface area contributed by atoms with Crippen molar-refractivity contribution in [3.8, 4) is 5.75 Å². The van der Waals surface area contributed by atoms with Gasteiger partial charge in [0.25, 0.3) is 11.1 Å². The van der Waals surface area contributed by atoms with Crippen molar-refractivity contribution >= 4 is 23.4 Å². The molecular formula is C16H13ClN2O2S. The minimum Gasteiger partial charge on any atom is -0.484 e. The number of hydrogen-bond donors (Lipinski definition) is 0. The minimum absolute atomic E-state index is 0.259. The van der Waals surface area contributed by atoms with E-state index in [1.54, 1.807) is 0 Å². The summed E-state index contributed by atoms with van der Waals surface area (Å²) in [5.41, 5.74) is 1.11. The Balaban J connectivity index is 1.53. The van der Waals surface area contributed by atoms with Gasteiger partial charge in [0.1, 0.15) is 5.75 Å². The van der Waals surface area contributed by atoms with Crippen molar-refractivity contribution in [2.45, 2.75) is 17.6 Å². The number of para-hydroxylation sites is 1. The molecule has 0 saturated heterocycles. The van der Waals surface area contributed by atoms with E-state index >= 15 is 0 Å². The van der Waals surface area contributed by atoms with Gasteiger partial charge in [0.15, 0.2) is 6.61 Å². The average molecular weight is 333 g/mol. The molecule has 0 N–H and O–H groups in total. The van der Waals surface area contributed by atoms with Gasteiger partial charge in [-0.3, -0.25) is 0 Å². The summed E-state index contributed by atoms with van der Waals surface area (Å²) in [4.78, 5) is 0. The fraction of sp³-hybridized carbons (Fsp3) is 0.125. The van der Waals surface area contributed by atoms with Gasteiger partial charge in [-0.1, -0.05) is 53.7 Å². The number of ether oxygens (including phenoxy) is 1. The van der Waals surface area contributed by atoms with E-state index in [-0.39, 0.29) is 6.61 Å². The molecule has 0 saturated carbocycles. The maximum absolute atomic E-state index is 5.95. The summed E-state index contributed by atoms with van der Waals surface area (Å²) in [6.45, 7) is 0.259. The van der Waals surface area contributed by atoms with Crippen molar-refractivity contribution < 1.29 is 9.15 Å². The van der Waals surface area contributed by atoms with Gasteiger partial charge in [-0.15, -0.1) is 10.2 Å². The molecule has 0 aliphatic heterocycles. The lowest BCUT2D eigenvalue weighted by Gasteiger charge is -2.01. The third-order valence-corrected chi connectivity index (χ3v) is 3.93. The summed E-state index contributed by atoms with van der Waals surface area (Å²) in [6.07, 6.45) is 0. The maximum atomic E-state index is 5.95. The Morgan fingerprint density at radius 2 is 1.91 bits per heavy atom. The normalized spacial score (nSPS) is 10.6. The van der Waals surface area contributed by atoms with Crippen molar-refractivity contribution in [1.29, 1.82) is 0 Å². The van der Waals surface area contributed by atoms with E-state index in [1.807, 2.05) is 54.6 Å². The van der Waals surface area contributed by atoms with Crippen LogP contribution in [0.5, 0.6) is 5.75 Å². The van der Waals surface area contributed by atoms with Crippen LogP contribution >= 0.6 is 23.4 Å². The predicted molar refractivity (Wildman–Crippen MR) is 86.1 cm³/mol. The van der Waals surface area contributed by atoms with Crippen LogP contribution in [0.2, 0.25) is 5.02 Å². The molecule has 0 amide bonds. The summed E-state index contributed by atoms with van der Waals surface area (Å²) >= 11 is 7.42. The molecule has 1 heterocycles. The van der Waals surface area contributed by atoms with Crippen molar-refractivity contribution in [3.05, 3.63) is 71.1 Å². The summed E-state index contributed by atoms with van der Waals surface area (Å²) in [5.74, 6) is 1.95. The quantitative estimate of drug-likeness (QED) is 0.618. The Labute approximate surface area is 137 Å². The van der Waals surface area contributed by atoms with Crippen LogP contribution in [0, 0.1) is 0 Å². The van der Waals surface area contributed by atoms with Gasteiger partial charge in [0.05, 0.1) is 0 Å². The first kappa shape index (κ1) is 14.9. The van der Waals surface area contributed by atoms with Crippen LogP contribution in [-0.4, -0.2) is 10.2 Å². The molecule has 3 aromatic rings. The Kier molecular flexibility index (Phi) is 4.98. The highest BCUT2D eigenvalue weighted by Gasteiger charge is 2.08. The van der Waals surface area contributed by atoms with E-state index in [0.717, 1.165) is 22.1 Å². The monoisotopic (exact) mass is 332 g/mol. The van der Waals surface area contributed by atoms with E-state index < -0.39 is 0 Å². The molecule has 1 aromatic heterocycles. The van der Waals surface area contributed by atoms with Crippen LogP contribution in [0.4, 0.5) is 0 Å². The van der Waals surface area contributed by atoms with E-state index in [0.29, 0.717) is 11.1 Å². The van der Waals surface area contributed by atoms with Gasteiger partial charge in [0, 0.05) is 10.8 Å². The molecule has 6 heteroatoms. The highest BCUT2D eigenvalue weighted by atomic mass is 35.5. The lowest BCUT2D eigenvalue weighted by molar-refractivity contribution is 0.252. The fourth-order valence-electron chi connectivity index (χ4n) is 1.79. The maximum Gasteiger partial charge on any atom is 0.277 e. The smallest absolute Gasteiger partial charge is 0.277 e. The van der Waals surface area contributed by atoms with Crippen LogP contribution < -0.4 is 4.74 Å². The molecule has 0 aliphatic rings. The van der Waals surface area contributed by atoms with Gasteiger partial charge in [0.2, 0.25) is 0 Å². The largest absolute Gasteiger partial charge is 0.484 e. The first-order valence-corrected chi connectivity index (χ1v) is 8.03.